The first-order chi connectivity index (χ1) is 36.1. The Hall–Kier alpha value is -6.90. The van der Waals surface area contributed by atoms with Crippen molar-refractivity contribution < 1.29 is 0 Å². The minimum Gasteiger partial charge on any atom is -0.334 e. The first kappa shape index (κ1) is 48.7. The molecular formula is C74H76N2. The Morgan fingerprint density at radius 2 is 0.605 bits per heavy atom. The van der Waals surface area contributed by atoms with Gasteiger partial charge in [0, 0.05) is 33.6 Å². The first-order valence-electron chi connectivity index (χ1n) is 28.3. The van der Waals surface area contributed by atoms with Gasteiger partial charge in [-0.05, 0) is 199 Å². The molecule has 2 heterocycles. The minimum absolute atomic E-state index is 0.0388. The van der Waals surface area contributed by atoms with Crippen LogP contribution in [0.4, 0.5) is 22.7 Å². The van der Waals surface area contributed by atoms with Crippen LogP contribution in [-0.4, -0.2) is 11.1 Å². The van der Waals surface area contributed by atoms with Crippen LogP contribution in [0, 0.1) is 21.7 Å². The van der Waals surface area contributed by atoms with E-state index in [1.807, 2.05) is 0 Å². The summed E-state index contributed by atoms with van der Waals surface area (Å²) in [4.78, 5) is 5.43. The van der Waals surface area contributed by atoms with Crippen molar-refractivity contribution in [1.29, 1.82) is 0 Å². The highest BCUT2D eigenvalue weighted by molar-refractivity contribution is 6.22. The molecule has 9 aromatic rings. The summed E-state index contributed by atoms with van der Waals surface area (Å²) in [6, 6.07) is 74.3. The second kappa shape index (κ2) is 16.3. The number of hydrogen-bond acceptors (Lipinski definition) is 2. The van der Waals surface area contributed by atoms with Crippen LogP contribution in [0.1, 0.15) is 120 Å². The molecule has 0 bridgehead atoms. The van der Waals surface area contributed by atoms with Crippen LogP contribution < -0.4 is 9.80 Å². The Balaban J connectivity index is 1.02. The summed E-state index contributed by atoms with van der Waals surface area (Å²) < 4.78 is 0. The highest BCUT2D eigenvalue weighted by Gasteiger charge is 2.69. The second-order valence-corrected chi connectivity index (χ2v) is 27.4. The Morgan fingerprint density at radius 1 is 0.289 bits per heavy atom. The third-order valence-corrected chi connectivity index (χ3v) is 20.8. The summed E-state index contributed by atoms with van der Waals surface area (Å²) in [6.45, 7) is 30.4. The number of benzene rings is 9. The predicted octanol–water partition coefficient (Wildman–Crippen LogP) is 20.7. The molecule has 2 aliphatic heterocycles. The Labute approximate surface area is 453 Å². The van der Waals surface area contributed by atoms with Gasteiger partial charge in [0.15, 0.2) is 0 Å². The van der Waals surface area contributed by atoms with Gasteiger partial charge < -0.3 is 9.80 Å². The smallest absolute Gasteiger partial charge is 0.0528 e. The van der Waals surface area contributed by atoms with Crippen LogP contribution in [0.5, 0.6) is 0 Å². The number of para-hydroxylation sites is 2. The van der Waals surface area contributed by atoms with Gasteiger partial charge in [-0.3, -0.25) is 0 Å². The zero-order valence-corrected chi connectivity index (χ0v) is 47.2. The molecule has 4 unspecified atom stereocenters. The monoisotopic (exact) mass is 993 g/mol. The van der Waals surface area contributed by atoms with Crippen molar-refractivity contribution >= 4 is 44.3 Å². The van der Waals surface area contributed by atoms with Gasteiger partial charge in [0.1, 0.15) is 0 Å². The van der Waals surface area contributed by atoms with Crippen LogP contribution in [-0.2, 0) is 10.8 Å². The molecule has 0 saturated heterocycles. The molecule has 0 N–H and O–H groups in total. The molecule has 2 saturated carbocycles. The van der Waals surface area contributed by atoms with Crippen LogP contribution in [0.3, 0.4) is 0 Å². The van der Waals surface area contributed by atoms with Crippen LogP contribution in [0.25, 0.3) is 66.1 Å². The minimum atomic E-state index is -0.128. The van der Waals surface area contributed by atoms with E-state index in [9.17, 15) is 0 Å². The summed E-state index contributed by atoms with van der Waals surface area (Å²) in [5.74, 6) is 0. The van der Waals surface area contributed by atoms with Gasteiger partial charge in [-0.2, -0.15) is 0 Å². The van der Waals surface area contributed by atoms with Crippen LogP contribution in [0.15, 0.2) is 194 Å². The Morgan fingerprint density at radius 3 is 0.961 bits per heavy atom. The lowest BCUT2D eigenvalue weighted by Gasteiger charge is -2.62. The third kappa shape index (κ3) is 6.71. The lowest BCUT2D eigenvalue weighted by atomic mass is 9.45. The molecule has 2 fully saturated rings. The van der Waals surface area contributed by atoms with Gasteiger partial charge in [0.25, 0.3) is 0 Å². The van der Waals surface area contributed by atoms with E-state index in [2.05, 4.69) is 287 Å². The number of rotatable bonds is 6. The molecule has 0 radical (unpaired) electrons. The molecule has 0 aromatic heterocycles. The summed E-state index contributed by atoms with van der Waals surface area (Å²) >= 11 is 0. The summed E-state index contributed by atoms with van der Waals surface area (Å²) in [6.07, 6.45) is 4.56. The maximum absolute atomic E-state index is 2.71. The Bertz CT molecular complexity index is 3520. The Kier molecular flexibility index (Phi) is 10.5. The molecule has 0 spiro atoms. The van der Waals surface area contributed by atoms with E-state index in [1.165, 1.54) is 113 Å². The summed E-state index contributed by atoms with van der Waals surface area (Å²) in [7, 11) is 0. The lowest BCUT2D eigenvalue weighted by molar-refractivity contribution is -0.0239. The fourth-order valence-electron chi connectivity index (χ4n) is 18.0. The van der Waals surface area contributed by atoms with Crippen molar-refractivity contribution in [2.75, 3.05) is 9.80 Å². The van der Waals surface area contributed by atoms with Crippen molar-refractivity contribution in [3.05, 3.63) is 205 Å². The molecule has 9 aromatic carbocycles. The summed E-state index contributed by atoms with van der Waals surface area (Å²) in [5, 5.41) is 5.09. The van der Waals surface area contributed by atoms with E-state index < -0.39 is 0 Å². The van der Waals surface area contributed by atoms with Crippen molar-refractivity contribution in [2.24, 2.45) is 21.7 Å². The molecule has 4 aliphatic rings. The molecule has 2 nitrogen and oxygen atoms in total. The lowest BCUT2D eigenvalue weighted by Crippen LogP contribution is -2.65. The topological polar surface area (TPSA) is 6.48 Å². The van der Waals surface area contributed by atoms with E-state index in [-0.39, 0.29) is 43.6 Å². The highest BCUT2D eigenvalue weighted by atomic mass is 15.3. The molecule has 382 valence electrons. The van der Waals surface area contributed by atoms with Crippen molar-refractivity contribution in [3.63, 3.8) is 0 Å². The van der Waals surface area contributed by atoms with Gasteiger partial charge in [-0.15, -0.1) is 0 Å². The van der Waals surface area contributed by atoms with Crippen LogP contribution in [0.2, 0.25) is 0 Å². The largest absolute Gasteiger partial charge is 0.334 e. The van der Waals surface area contributed by atoms with Crippen LogP contribution >= 0.6 is 0 Å². The zero-order chi connectivity index (χ0) is 53.0. The first-order valence-corrected chi connectivity index (χ1v) is 28.3. The summed E-state index contributed by atoms with van der Waals surface area (Å²) in [5.41, 5.74) is 18.2. The molecule has 13 rings (SSSR count). The van der Waals surface area contributed by atoms with Gasteiger partial charge >= 0.3 is 0 Å². The number of nitrogens with zero attached hydrogens (tertiary/aromatic N) is 2. The second-order valence-electron chi connectivity index (χ2n) is 27.4. The molecule has 4 atom stereocenters. The maximum Gasteiger partial charge on any atom is 0.0528 e. The number of hydrogen-bond donors (Lipinski definition) is 0. The maximum atomic E-state index is 2.71. The van der Waals surface area contributed by atoms with Gasteiger partial charge in [-0.25, -0.2) is 0 Å². The molecule has 76 heavy (non-hydrogen) atoms. The molecule has 2 aliphatic carbocycles. The molecular weight excluding hydrogens is 917 g/mol. The average Bonchev–Trinajstić information content (AvgIpc) is 3.95. The number of anilines is 4. The zero-order valence-electron chi connectivity index (χ0n) is 47.2. The van der Waals surface area contributed by atoms with Crippen molar-refractivity contribution in [2.45, 2.75) is 131 Å². The van der Waals surface area contributed by atoms with E-state index in [1.54, 1.807) is 0 Å². The number of fused-ring (bicyclic) bond motifs is 8. The SMILES string of the molecule is CC1(C)CC(C)(C)C2(C)c3cc(-c4ccc5c(-c6ccccc6)c6cc(-c7ccc8c(c7)C7(C)C(C)(C)CC(C)(C)CC7(C)N8c7ccccc7)ccc6c(-c6ccccc6)c5c4)ccc3N(c3ccccc3)C2(C)C1. The van der Waals surface area contributed by atoms with Crippen molar-refractivity contribution in [1.82, 2.24) is 0 Å². The van der Waals surface area contributed by atoms with Crippen molar-refractivity contribution in [3.8, 4) is 44.5 Å². The standard InChI is InChI=1S/C74H76N2/c1-67(2)45-69(5,6)73(11)61-43-53(35-39-63(61)75(71(73,9)47-67)55-29-21-15-22-30-55)51-33-37-57-59(41-51)65(49-25-17-13-18-26-49)58-38-34-52(42-60(58)66(57)50-27-19-14-20-28-50)54-36-40-64-62(44-54)74(12)70(7,8)46-68(3,4)48-72(74,10)76(64)56-31-23-16-24-32-56/h13-44H,45-48H2,1-12H3. The van der Waals surface area contributed by atoms with Gasteiger partial charge in [0.05, 0.1) is 11.1 Å². The highest BCUT2D eigenvalue weighted by Crippen LogP contribution is 2.72. The average molecular weight is 993 g/mol. The fourth-order valence-corrected chi connectivity index (χ4v) is 18.0. The normalized spacial score (nSPS) is 25.5. The third-order valence-electron chi connectivity index (χ3n) is 20.8. The predicted molar refractivity (Wildman–Crippen MR) is 325 cm³/mol. The van der Waals surface area contributed by atoms with E-state index in [0.29, 0.717) is 0 Å². The molecule has 2 heteroatoms. The fraction of sp³-hybridized carbons (Fsp3) is 0.324. The quantitative estimate of drug-likeness (QED) is 0.153. The van der Waals surface area contributed by atoms with Gasteiger partial charge in [-0.1, -0.05) is 203 Å². The van der Waals surface area contributed by atoms with Gasteiger partial charge in [0.2, 0.25) is 0 Å². The molecule has 0 amide bonds. The van der Waals surface area contributed by atoms with E-state index in [4.69, 9.17) is 0 Å². The van der Waals surface area contributed by atoms with E-state index >= 15 is 0 Å². The van der Waals surface area contributed by atoms with E-state index in [0.717, 1.165) is 12.8 Å².